The van der Waals surface area contributed by atoms with E-state index in [1.54, 1.807) is 0 Å². The molecule has 2 aromatic carbocycles. The highest BCUT2D eigenvalue weighted by Crippen LogP contribution is 2.43. The Hall–Kier alpha value is -2.45. The van der Waals surface area contributed by atoms with E-state index in [0.717, 1.165) is 60.0 Å². The number of ether oxygens (including phenoxy) is 1. The Morgan fingerprint density at radius 3 is 2.40 bits per heavy atom. The van der Waals surface area contributed by atoms with Crippen LogP contribution >= 0.6 is 11.6 Å². The van der Waals surface area contributed by atoms with Crippen LogP contribution in [0.5, 0.6) is 5.75 Å². The fourth-order valence-electron chi connectivity index (χ4n) is 6.28. The number of halogens is 1. The van der Waals surface area contributed by atoms with Crippen LogP contribution in [0.15, 0.2) is 61.9 Å². The van der Waals surface area contributed by atoms with Crippen molar-refractivity contribution >= 4 is 23.4 Å². The normalized spacial score (nSPS) is 19.1. The van der Waals surface area contributed by atoms with Gasteiger partial charge >= 0.3 is 0 Å². The van der Waals surface area contributed by atoms with Gasteiger partial charge in [-0.15, -0.1) is 18.9 Å². The topological polar surface area (TPSA) is 38.5 Å². The maximum atomic E-state index is 6.49. The molecule has 0 spiro atoms. The van der Waals surface area contributed by atoms with Crippen LogP contribution in [0.4, 0.5) is 5.69 Å². The summed E-state index contributed by atoms with van der Waals surface area (Å²) >= 11 is 6.41. The van der Waals surface area contributed by atoms with Crippen molar-refractivity contribution < 1.29 is 4.74 Å². The van der Waals surface area contributed by atoms with Crippen LogP contribution in [-0.2, 0) is 6.42 Å². The molecule has 0 saturated heterocycles. The van der Waals surface area contributed by atoms with Crippen LogP contribution in [0.2, 0.25) is 5.02 Å². The van der Waals surface area contributed by atoms with Crippen LogP contribution in [-0.4, -0.2) is 26.7 Å². The molecule has 0 aromatic heterocycles. The Labute approximate surface area is 270 Å². The van der Waals surface area contributed by atoms with Gasteiger partial charge in [0.05, 0.1) is 12.3 Å². The minimum absolute atomic E-state index is 0.317. The van der Waals surface area contributed by atoms with Crippen LogP contribution in [0.3, 0.4) is 0 Å². The van der Waals surface area contributed by atoms with Crippen molar-refractivity contribution in [2.45, 2.75) is 98.3 Å². The number of nitrogens with two attached hydrogens (primary N) is 1. The van der Waals surface area contributed by atoms with Crippen molar-refractivity contribution in [3.05, 3.63) is 83.6 Å². The molecule has 3 nitrogen and oxygen atoms in total. The minimum atomic E-state index is 0.317. The van der Waals surface area contributed by atoms with Gasteiger partial charge in [-0.3, -0.25) is 0 Å². The molecule has 1 fully saturated rings. The van der Waals surface area contributed by atoms with Gasteiger partial charge in [-0.2, -0.15) is 0 Å². The number of anilines is 1. The van der Waals surface area contributed by atoms with Gasteiger partial charge in [-0.1, -0.05) is 97.0 Å². The second kappa shape index (κ2) is 22.1. The molecule has 1 heterocycles. The van der Waals surface area contributed by atoms with Crippen LogP contribution < -0.4 is 15.4 Å². The lowest BCUT2D eigenvalue weighted by atomic mass is 9.70. The monoisotopic (exact) mass is 608 g/mol. The average Bonchev–Trinajstić information content (AvgIpc) is 3.21. The predicted molar refractivity (Wildman–Crippen MR) is 193 cm³/mol. The van der Waals surface area contributed by atoms with Gasteiger partial charge in [-0.25, -0.2) is 0 Å². The third-order valence-corrected chi connectivity index (χ3v) is 8.88. The van der Waals surface area contributed by atoms with Crippen molar-refractivity contribution in [3.8, 4) is 5.75 Å². The molecule has 4 heteroatoms. The molecule has 2 aromatic rings. The van der Waals surface area contributed by atoms with E-state index in [0.29, 0.717) is 12.5 Å². The molecule has 4 unspecified atom stereocenters. The summed E-state index contributed by atoms with van der Waals surface area (Å²) in [5.74, 6) is 3.80. The van der Waals surface area contributed by atoms with Gasteiger partial charge in [0.1, 0.15) is 5.75 Å². The Morgan fingerprint density at radius 1 is 1.05 bits per heavy atom. The van der Waals surface area contributed by atoms with E-state index >= 15 is 0 Å². The Morgan fingerprint density at radius 2 is 1.77 bits per heavy atom. The quantitative estimate of drug-likeness (QED) is 0.192. The molecular formula is C39H61ClN2O. The lowest BCUT2D eigenvalue weighted by molar-refractivity contribution is 0.157. The van der Waals surface area contributed by atoms with Crippen molar-refractivity contribution in [3.63, 3.8) is 0 Å². The first-order chi connectivity index (χ1) is 21.0. The third-order valence-electron chi connectivity index (χ3n) is 8.65. The summed E-state index contributed by atoms with van der Waals surface area (Å²) in [4.78, 5) is 2.63. The molecule has 0 radical (unpaired) electrons. The molecule has 1 saturated carbocycles. The molecule has 4 rings (SSSR count). The van der Waals surface area contributed by atoms with E-state index in [1.807, 2.05) is 26.0 Å². The Kier molecular flexibility index (Phi) is 19.8. The standard InChI is InChI=1S/C34H46ClNO.C2H6.C2H4.CH5N/c1-5-8-11-25(4)12-14-27-15-16-29(27)22-36-23-30(32-18-17-31(35)21-28(32)10-7-3)24-37-34-19-13-26(9-6-2)20-33(34)36;3*1-2/h9,13,17-21,25,27,29-30H,2,5,7-8,10-12,14-16,22-24H2,1,3-4H3;1-2H3;1-2H2;2H2,1H3. The first-order valence-corrected chi connectivity index (χ1v) is 17.1. The zero-order chi connectivity index (χ0) is 32.2. The minimum Gasteiger partial charge on any atom is -0.491 e. The van der Waals surface area contributed by atoms with Crippen LogP contribution in [0.25, 0.3) is 6.08 Å². The summed E-state index contributed by atoms with van der Waals surface area (Å²) in [6.07, 6.45) is 13.7. The highest BCUT2D eigenvalue weighted by atomic mass is 35.5. The predicted octanol–water partition coefficient (Wildman–Crippen LogP) is 11.1. The lowest BCUT2D eigenvalue weighted by Gasteiger charge is -2.41. The molecular weight excluding hydrogens is 548 g/mol. The molecule has 4 atom stereocenters. The van der Waals surface area contributed by atoms with E-state index in [1.165, 1.54) is 68.8 Å². The van der Waals surface area contributed by atoms with Crippen molar-refractivity contribution in [2.24, 2.45) is 23.5 Å². The first kappa shape index (κ1) is 38.6. The second-order valence-electron chi connectivity index (χ2n) is 11.5. The number of rotatable bonds is 12. The molecule has 0 amide bonds. The molecule has 1 aliphatic heterocycles. The number of hydrogen-bond acceptors (Lipinski definition) is 3. The van der Waals surface area contributed by atoms with E-state index in [9.17, 15) is 0 Å². The van der Waals surface area contributed by atoms with Gasteiger partial charge in [0, 0.05) is 24.0 Å². The largest absolute Gasteiger partial charge is 0.491 e. The average molecular weight is 609 g/mol. The number of benzene rings is 2. The highest BCUT2D eigenvalue weighted by molar-refractivity contribution is 6.30. The molecule has 1 aliphatic carbocycles. The number of nitrogens with zero attached hydrogens (tertiary/aromatic N) is 1. The number of unbranched alkanes of at least 4 members (excludes halogenated alkanes) is 1. The fraction of sp³-hybridized carbons (Fsp3) is 0.564. The molecule has 240 valence electrons. The molecule has 0 bridgehead atoms. The molecule has 43 heavy (non-hydrogen) atoms. The Balaban J connectivity index is 0.00000145. The summed E-state index contributed by atoms with van der Waals surface area (Å²) in [7, 11) is 1.50. The summed E-state index contributed by atoms with van der Waals surface area (Å²) in [5.41, 5.74) is 12.6. The summed E-state index contributed by atoms with van der Waals surface area (Å²) in [5, 5.41) is 0.827. The third kappa shape index (κ3) is 11.9. The first-order valence-electron chi connectivity index (χ1n) is 16.8. The maximum absolute atomic E-state index is 6.49. The van der Waals surface area contributed by atoms with Crippen LogP contribution in [0.1, 0.15) is 109 Å². The van der Waals surface area contributed by atoms with Crippen LogP contribution in [0, 0.1) is 17.8 Å². The summed E-state index contributed by atoms with van der Waals surface area (Å²) in [6.45, 7) is 23.6. The highest BCUT2D eigenvalue weighted by Gasteiger charge is 2.34. The van der Waals surface area contributed by atoms with Gasteiger partial charge in [0.15, 0.2) is 0 Å². The second-order valence-corrected chi connectivity index (χ2v) is 11.9. The van der Waals surface area contributed by atoms with E-state index in [-0.39, 0.29) is 0 Å². The molecule has 2 N–H and O–H groups in total. The van der Waals surface area contributed by atoms with E-state index in [2.05, 4.69) is 87.2 Å². The van der Waals surface area contributed by atoms with E-state index < -0.39 is 0 Å². The maximum Gasteiger partial charge on any atom is 0.142 e. The van der Waals surface area contributed by atoms with Crippen molar-refractivity contribution in [1.82, 2.24) is 0 Å². The van der Waals surface area contributed by atoms with Gasteiger partial charge in [0.2, 0.25) is 0 Å². The zero-order valence-corrected chi connectivity index (χ0v) is 29.0. The lowest BCUT2D eigenvalue weighted by Crippen LogP contribution is -2.40. The number of hydrogen-bond donors (Lipinski definition) is 1. The summed E-state index contributed by atoms with van der Waals surface area (Å²) < 4.78 is 6.49. The van der Waals surface area contributed by atoms with E-state index in [4.69, 9.17) is 16.3 Å². The smallest absolute Gasteiger partial charge is 0.142 e. The van der Waals surface area contributed by atoms with Gasteiger partial charge in [-0.05, 0) is 97.5 Å². The number of aryl methyl sites for hydroxylation is 1. The summed E-state index contributed by atoms with van der Waals surface area (Å²) in [6, 6.07) is 13.0. The Bertz CT molecular complexity index is 1090. The number of fused-ring (bicyclic) bond motifs is 1. The van der Waals surface area contributed by atoms with Gasteiger partial charge in [0.25, 0.3) is 0 Å². The molecule has 2 aliphatic rings. The zero-order valence-electron chi connectivity index (χ0n) is 28.3. The van der Waals surface area contributed by atoms with Crippen molar-refractivity contribution in [2.75, 3.05) is 31.6 Å². The SMILES string of the molecule is C=C.C=C=Cc1ccc2c(c1)N(CC1CCC1CCC(C)CCCC)CC(c1ccc(Cl)cc1CCC)CO2.CC.CN. The fourth-order valence-corrected chi connectivity index (χ4v) is 6.47. The van der Waals surface area contributed by atoms with Crippen molar-refractivity contribution in [1.29, 1.82) is 0 Å². The van der Waals surface area contributed by atoms with Gasteiger partial charge < -0.3 is 15.4 Å².